The monoisotopic (exact) mass is 339 g/mol. The Morgan fingerprint density at radius 3 is 2.86 bits per heavy atom. The lowest BCUT2D eigenvalue weighted by Crippen LogP contribution is -2.07. The number of aryl methyl sites for hydroxylation is 3. The lowest BCUT2D eigenvalue weighted by Gasteiger charge is -2.09. The van der Waals surface area contributed by atoms with E-state index in [0.29, 0.717) is 0 Å². The van der Waals surface area contributed by atoms with E-state index in [1.165, 1.54) is 4.88 Å². The Hall–Kier alpha value is -1.10. The van der Waals surface area contributed by atoms with E-state index in [0.717, 1.165) is 39.9 Å². The van der Waals surface area contributed by atoms with E-state index in [4.69, 9.17) is 23.2 Å². The number of thiophene rings is 1. The van der Waals surface area contributed by atoms with Gasteiger partial charge >= 0.3 is 0 Å². The number of nitrogens with zero attached hydrogens (tertiary/aromatic N) is 3. The molecule has 1 unspecified atom stereocenters. The zero-order valence-corrected chi connectivity index (χ0v) is 14.1. The van der Waals surface area contributed by atoms with Crippen LogP contribution in [0.2, 0.25) is 4.34 Å². The fourth-order valence-corrected chi connectivity index (χ4v) is 3.60. The number of hydrogen-bond acceptors (Lipinski definition) is 3. The fourth-order valence-electron chi connectivity index (χ4n) is 2.36. The number of fused-ring (bicyclic) bond motifs is 1. The number of imidazole rings is 1. The molecule has 0 radical (unpaired) electrons. The molecule has 3 heterocycles. The van der Waals surface area contributed by atoms with Crippen molar-refractivity contribution >= 4 is 45.7 Å². The quantitative estimate of drug-likeness (QED) is 0.626. The van der Waals surface area contributed by atoms with Crippen LogP contribution in [0, 0.1) is 6.92 Å². The summed E-state index contributed by atoms with van der Waals surface area (Å²) in [6, 6.07) is 6.04. The van der Waals surface area contributed by atoms with Gasteiger partial charge in [-0.25, -0.2) is 9.97 Å². The van der Waals surface area contributed by atoms with Crippen molar-refractivity contribution in [2.24, 2.45) is 0 Å². The maximum atomic E-state index is 6.28. The Balaban J connectivity index is 1.97. The van der Waals surface area contributed by atoms with Gasteiger partial charge in [0.1, 0.15) is 11.3 Å². The van der Waals surface area contributed by atoms with Gasteiger partial charge in [0.05, 0.1) is 9.71 Å². The van der Waals surface area contributed by atoms with Crippen molar-refractivity contribution in [2.75, 3.05) is 0 Å². The van der Waals surface area contributed by atoms with Gasteiger partial charge in [0.2, 0.25) is 0 Å². The van der Waals surface area contributed by atoms with Crippen LogP contribution in [-0.2, 0) is 13.0 Å². The molecule has 3 nitrogen and oxygen atoms in total. The zero-order chi connectivity index (χ0) is 15.0. The van der Waals surface area contributed by atoms with E-state index in [9.17, 15) is 0 Å². The van der Waals surface area contributed by atoms with Crippen molar-refractivity contribution < 1.29 is 0 Å². The molecule has 0 aromatic carbocycles. The molecule has 3 rings (SSSR count). The number of halogens is 2. The number of alkyl halides is 1. The first-order chi connectivity index (χ1) is 10.0. The molecule has 0 aliphatic rings. The van der Waals surface area contributed by atoms with Gasteiger partial charge in [0.25, 0.3) is 0 Å². The molecule has 0 fully saturated rings. The number of pyridine rings is 1. The highest BCUT2D eigenvalue weighted by molar-refractivity contribution is 7.16. The molecule has 3 aromatic heterocycles. The molecular weight excluding hydrogens is 325 g/mol. The van der Waals surface area contributed by atoms with Crippen LogP contribution in [0.1, 0.15) is 28.6 Å². The van der Waals surface area contributed by atoms with Crippen molar-refractivity contribution in [3.05, 3.63) is 45.0 Å². The average molecular weight is 340 g/mol. The molecule has 21 heavy (non-hydrogen) atoms. The maximum absolute atomic E-state index is 6.28. The van der Waals surface area contributed by atoms with Crippen LogP contribution in [0.5, 0.6) is 0 Å². The molecular formula is C15H15Cl2N3S. The van der Waals surface area contributed by atoms with Gasteiger partial charge in [0.15, 0.2) is 5.65 Å². The minimum Gasteiger partial charge on any atom is -0.311 e. The van der Waals surface area contributed by atoms with Crippen molar-refractivity contribution in [1.29, 1.82) is 0 Å². The standard InChI is InChI=1S/C15H15Cl2N3S/c1-9-7-12-15(18-8-9)20(14(19-12)10(2)16)6-5-11-3-4-13(17)21-11/h3-4,7-8,10H,5-6H2,1-2H3. The minimum absolute atomic E-state index is 0.147. The topological polar surface area (TPSA) is 30.7 Å². The summed E-state index contributed by atoms with van der Waals surface area (Å²) >= 11 is 13.9. The van der Waals surface area contributed by atoms with Crippen LogP contribution < -0.4 is 0 Å². The number of aromatic nitrogens is 3. The van der Waals surface area contributed by atoms with Crippen LogP contribution in [0.4, 0.5) is 0 Å². The highest BCUT2D eigenvalue weighted by Gasteiger charge is 2.16. The molecule has 0 spiro atoms. The zero-order valence-electron chi connectivity index (χ0n) is 11.8. The minimum atomic E-state index is -0.147. The highest BCUT2D eigenvalue weighted by atomic mass is 35.5. The molecule has 0 amide bonds. The van der Waals surface area contributed by atoms with Gasteiger partial charge in [-0.1, -0.05) is 11.6 Å². The van der Waals surface area contributed by atoms with E-state index in [-0.39, 0.29) is 5.38 Å². The second-order valence-corrected chi connectivity index (χ2v) is 7.50. The third-order valence-corrected chi connectivity index (χ3v) is 4.80. The largest absolute Gasteiger partial charge is 0.311 e. The van der Waals surface area contributed by atoms with Gasteiger partial charge in [-0.05, 0) is 44.0 Å². The summed E-state index contributed by atoms with van der Waals surface area (Å²) in [5.74, 6) is 0.868. The lowest BCUT2D eigenvalue weighted by molar-refractivity contribution is 0.667. The molecule has 110 valence electrons. The van der Waals surface area contributed by atoms with E-state index in [1.54, 1.807) is 11.3 Å². The Bertz CT molecular complexity index is 776. The predicted molar refractivity (Wildman–Crippen MR) is 89.6 cm³/mol. The predicted octanol–water partition coefficient (Wildman–Crippen LogP) is 5.00. The van der Waals surface area contributed by atoms with Gasteiger partial charge < -0.3 is 4.57 Å². The molecule has 0 saturated heterocycles. The Kier molecular flexibility index (Phi) is 4.20. The van der Waals surface area contributed by atoms with E-state index in [2.05, 4.69) is 20.6 Å². The summed E-state index contributed by atoms with van der Waals surface area (Å²) in [7, 11) is 0. The van der Waals surface area contributed by atoms with Crippen molar-refractivity contribution in [2.45, 2.75) is 32.2 Å². The normalized spacial score (nSPS) is 13.0. The Morgan fingerprint density at radius 2 is 2.19 bits per heavy atom. The second-order valence-electron chi connectivity index (χ2n) is 5.05. The van der Waals surface area contributed by atoms with Crippen LogP contribution in [0.25, 0.3) is 11.2 Å². The summed E-state index contributed by atoms with van der Waals surface area (Å²) in [5.41, 5.74) is 2.90. The molecule has 0 N–H and O–H groups in total. The maximum Gasteiger partial charge on any atom is 0.160 e. The van der Waals surface area contributed by atoms with Gasteiger partial charge in [-0.15, -0.1) is 22.9 Å². The molecule has 0 aliphatic heterocycles. The molecule has 1 atom stereocenters. The first-order valence-electron chi connectivity index (χ1n) is 6.75. The molecule has 0 bridgehead atoms. The Morgan fingerprint density at radius 1 is 1.38 bits per heavy atom. The second kappa shape index (κ2) is 5.95. The van der Waals surface area contributed by atoms with Gasteiger partial charge in [-0.3, -0.25) is 0 Å². The van der Waals surface area contributed by atoms with Gasteiger partial charge in [0, 0.05) is 17.6 Å². The SMILES string of the molecule is Cc1cnc2c(c1)nc(C(C)Cl)n2CCc1ccc(Cl)s1. The van der Waals surface area contributed by atoms with Crippen LogP contribution in [0.15, 0.2) is 24.4 Å². The van der Waals surface area contributed by atoms with Crippen molar-refractivity contribution in [3.8, 4) is 0 Å². The summed E-state index contributed by atoms with van der Waals surface area (Å²) in [6.07, 6.45) is 2.76. The fraction of sp³-hybridized carbons (Fsp3) is 0.333. The first-order valence-corrected chi connectivity index (χ1v) is 8.39. The van der Waals surface area contributed by atoms with E-state index < -0.39 is 0 Å². The third-order valence-electron chi connectivity index (χ3n) is 3.32. The summed E-state index contributed by atoms with van der Waals surface area (Å²) in [5, 5.41) is -0.147. The summed E-state index contributed by atoms with van der Waals surface area (Å²) in [6.45, 7) is 4.76. The van der Waals surface area contributed by atoms with Crippen molar-refractivity contribution in [1.82, 2.24) is 14.5 Å². The number of hydrogen-bond donors (Lipinski definition) is 0. The van der Waals surface area contributed by atoms with E-state index in [1.807, 2.05) is 32.2 Å². The average Bonchev–Trinajstić information content (AvgIpc) is 2.99. The number of rotatable bonds is 4. The highest BCUT2D eigenvalue weighted by Crippen LogP contribution is 2.26. The summed E-state index contributed by atoms with van der Waals surface area (Å²) < 4.78 is 2.93. The summed E-state index contributed by atoms with van der Waals surface area (Å²) in [4.78, 5) is 10.4. The van der Waals surface area contributed by atoms with Crippen LogP contribution in [0.3, 0.4) is 0 Å². The lowest BCUT2D eigenvalue weighted by atomic mass is 10.3. The van der Waals surface area contributed by atoms with E-state index >= 15 is 0 Å². The smallest absolute Gasteiger partial charge is 0.160 e. The third kappa shape index (κ3) is 3.07. The molecule has 6 heteroatoms. The van der Waals surface area contributed by atoms with Crippen LogP contribution >= 0.6 is 34.5 Å². The molecule has 3 aromatic rings. The van der Waals surface area contributed by atoms with Gasteiger partial charge in [-0.2, -0.15) is 0 Å². The van der Waals surface area contributed by atoms with Crippen LogP contribution in [-0.4, -0.2) is 14.5 Å². The molecule has 0 aliphatic carbocycles. The Labute approximate surface area is 137 Å². The van der Waals surface area contributed by atoms with Crippen molar-refractivity contribution in [3.63, 3.8) is 0 Å². The first kappa shape index (κ1) is 14.8. The molecule has 0 saturated carbocycles.